The molecule has 0 spiro atoms. The van der Waals surface area contributed by atoms with Crippen LogP contribution in [0.1, 0.15) is 11.3 Å². The molecule has 0 fully saturated rings. The lowest BCUT2D eigenvalue weighted by Crippen LogP contribution is -2.35. The van der Waals surface area contributed by atoms with Crippen LogP contribution in [-0.2, 0) is 6.18 Å². The standard InChI is InChI=1S/C7H5BF6N/c1-4-2-5(8(12,13)14)3-15-6(4)7(9,10)11/h2-3H,1H3/q-1. The van der Waals surface area contributed by atoms with Gasteiger partial charge in [-0.2, -0.15) is 13.2 Å². The zero-order valence-corrected chi connectivity index (χ0v) is 7.45. The fourth-order valence-corrected chi connectivity index (χ4v) is 1.07. The molecular weight excluding hydrogens is 223 g/mol. The Labute approximate surface area is 81.2 Å². The minimum absolute atomic E-state index is 0.204. The third-order valence-electron chi connectivity index (χ3n) is 1.75. The highest BCUT2D eigenvalue weighted by molar-refractivity contribution is 6.73. The van der Waals surface area contributed by atoms with E-state index in [2.05, 4.69) is 4.98 Å². The summed E-state index contributed by atoms with van der Waals surface area (Å²) in [4.78, 5) is 2.79. The average molecular weight is 228 g/mol. The number of halogens is 6. The number of hydrogen-bond acceptors (Lipinski definition) is 1. The van der Waals surface area contributed by atoms with E-state index >= 15 is 0 Å². The number of pyridine rings is 1. The highest BCUT2D eigenvalue weighted by Gasteiger charge is 2.35. The summed E-state index contributed by atoms with van der Waals surface area (Å²) >= 11 is 0. The maximum atomic E-state index is 12.1. The van der Waals surface area contributed by atoms with Gasteiger partial charge in [0.2, 0.25) is 0 Å². The van der Waals surface area contributed by atoms with Crippen molar-refractivity contribution < 1.29 is 26.1 Å². The quantitative estimate of drug-likeness (QED) is 0.531. The van der Waals surface area contributed by atoms with Gasteiger partial charge in [0.15, 0.2) is 0 Å². The van der Waals surface area contributed by atoms with Crippen LogP contribution in [0, 0.1) is 6.92 Å². The molecule has 1 heterocycles. The van der Waals surface area contributed by atoms with E-state index in [1.54, 1.807) is 0 Å². The minimum Gasteiger partial charge on any atom is -0.445 e. The topological polar surface area (TPSA) is 12.9 Å². The maximum Gasteiger partial charge on any atom is 0.511 e. The molecule has 0 aliphatic heterocycles. The summed E-state index contributed by atoms with van der Waals surface area (Å²) in [6.45, 7) is -4.36. The van der Waals surface area contributed by atoms with Crippen LogP contribution in [0.5, 0.6) is 0 Å². The van der Waals surface area contributed by atoms with Gasteiger partial charge in [-0.15, -0.1) is 0 Å². The van der Waals surface area contributed by atoms with E-state index in [0.717, 1.165) is 6.92 Å². The first-order valence-electron chi connectivity index (χ1n) is 3.86. The summed E-state index contributed by atoms with van der Waals surface area (Å²) in [6.07, 6.45) is -4.52. The van der Waals surface area contributed by atoms with Crippen LogP contribution in [0.4, 0.5) is 26.1 Å². The van der Waals surface area contributed by atoms with Crippen LogP contribution in [-0.4, -0.2) is 12.0 Å². The van der Waals surface area contributed by atoms with E-state index in [-0.39, 0.29) is 6.20 Å². The molecule has 1 rings (SSSR count). The highest BCUT2D eigenvalue weighted by atomic mass is 19.4. The van der Waals surface area contributed by atoms with E-state index in [1.165, 1.54) is 0 Å². The third-order valence-corrected chi connectivity index (χ3v) is 1.75. The van der Waals surface area contributed by atoms with Gasteiger partial charge in [-0.1, -0.05) is 11.5 Å². The van der Waals surface area contributed by atoms with Gasteiger partial charge in [0.05, 0.1) is 0 Å². The van der Waals surface area contributed by atoms with Crippen LogP contribution in [0.3, 0.4) is 0 Å². The van der Waals surface area contributed by atoms with Crippen molar-refractivity contribution in [3.8, 4) is 0 Å². The maximum absolute atomic E-state index is 12.1. The molecule has 0 aromatic carbocycles. The molecular formula is C7H5BF6N-. The fourth-order valence-electron chi connectivity index (χ4n) is 1.07. The molecule has 15 heavy (non-hydrogen) atoms. The lowest BCUT2D eigenvalue weighted by Gasteiger charge is -2.17. The number of alkyl halides is 3. The van der Waals surface area contributed by atoms with Crippen molar-refractivity contribution in [2.45, 2.75) is 13.1 Å². The van der Waals surface area contributed by atoms with Gasteiger partial charge in [0.1, 0.15) is 5.69 Å². The SMILES string of the molecule is Cc1cc([B-](F)(F)F)cnc1C(F)(F)F. The Bertz CT molecular complexity index is 369. The Morgan fingerprint density at radius 1 is 1.20 bits per heavy atom. The van der Waals surface area contributed by atoms with Crippen molar-refractivity contribution in [1.29, 1.82) is 0 Å². The largest absolute Gasteiger partial charge is 0.511 e. The monoisotopic (exact) mass is 228 g/mol. The van der Waals surface area contributed by atoms with Crippen LogP contribution in [0.15, 0.2) is 12.3 Å². The Kier molecular flexibility index (Phi) is 2.71. The molecule has 0 amide bonds. The molecule has 0 aliphatic rings. The van der Waals surface area contributed by atoms with E-state index in [4.69, 9.17) is 0 Å². The summed E-state index contributed by atoms with van der Waals surface area (Å²) in [5.41, 5.74) is -2.94. The number of hydrogen-bond donors (Lipinski definition) is 0. The van der Waals surface area contributed by atoms with Crippen molar-refractivity contribution in [3.05, 3.63) is 23.5 Å². The highest BCUT2D eigenvalue weighted by Crippen LogP contribution is 2.29. The normalized spacial score (nSPS) is 13.0. The van der Waals surface area contributed by atoms with Crippen LogP contribution in [0.2, 0.25) is 0 Å². The van der Waals surface area contributed by atoms with Gasteiger partial charge < -0.3 is 12.9 Å². The lowest BCUT2D eigenvalue weighted by molar-refractivity contribution is -0.141. The van der Waals surface area contributed by atoms with Gasteiger partial charge in [-0.25, -0.2) is 0 Å². The van der Waals surface area contributed by atoms with Gasteiger partial charge in [-0.3, -0.25) is 4.98 Å². The van der Waals surface area contributed by atoms with Crippen molar-refractivity contribution in [2.24, 2.45) is 0 Å². The fraction of sp³-hybridized carbons (Fsp3) is 0.286. The molecule has 0 atom stereocenters. The van der Waals surface area contributed by atoms with E-state index in [9.17, 15) is 26.1 Å². The second-order valence-electron chi connectivity index (χ2n) is 3.01. The molecule has 0 unspecified atom stereocenters. The van der Waals surface area contributed by atoms with E-state index < -0.39 is 29.9 Å². The van der Waals surface area contributed by atoms with Crippen LogP contribution in [0.25, 0.3) is 0 Å². The number of rotatable bonds is 1. The molecule has 0 bridgehead atoms. The average Bonchev–Trinajstić information content (AvgIpc) is 1.99. The molecule has 1 aromatic rings. The molecule has 1 nitrogen and oxygen atoms in total. The summed E-state index contributed by atoms with van der Waals surface area (Å²) in [5.74, 6) is 0. The molecule has 0 saturated carbocycles. The first kappa shape index (κ1) is 11.9. The zero-order chi connectivity index (χ0) is 11.9. The van der Waals surface area contributed by atoms with Crippen molar-refractivity contribution in [3.63, 3.8) is 0 Å². The Balaban J connectivity index is 3.21. The molecule has 0 radical (unpaired) electrons. The van der Waals surface area contributed by atoms with Crippen molar-refractivity contribution >= 4 is 12.4 Å². The molecule has 1 aromatic heterocycles. The van der Waals surface area contributed by atoms with Crippen molar-refractivity contribution in [1.82, 2.24) is 4.98 Å². The molecule has 0 saturated heterocycles. The Morgan fingerprint density at radius 2 is 1.73 bits per heavy atom. The predicted molar refractivity (Wildman–Crippen MR) is 42.7 cm³/mol. The number of aromatic nitrogens is 1. The number of nitrogens with zero attached hydrogens (tertiary/aromatic N) is 1. The third kappa shape index (κ3) is 2.63. The van der Waals surface area contributed by atoms with Crippen molar-refractivity contribution in [2.75, 3.05) is 0 Å². The first-order chi connectivity index (χ1) is 6.62. The van der Waals surface area contributed by atoms with Gasteiger partial charge in [-0.05, 0) is 12.5 Å². The van der Waals surface area contributed by atoms with Crippen LogP contribution >= 0.6 is 0 Å². The molecule has 84 valence electrons. The minimum atomic E-state index is -5.31. The smallest absolute Gasteiger partial charge is 0.445 e. The number of aryl methyl sites for hydroxylation is 1. The second kappa shape index (κ2) is 3.43. The summed E-state index contributed by atoms with van der Waals surface area (Å²) < 4.78 is 72.8. The molecule has 8 heteroatoms. The van der Waals surface area contributed by atoms with Gasteiger partial charge in [0, 0.05) is 6.20 Å². The predicted octanol–water partition coefficient (Wildman–Crippen LogP) is 2.46. The molecule has 0 aliphatic carbocycles. The lowest BCUT2D eigenvalue weighted by atomic mass is 9.80. The molecule has 0 N–H and O–H groups in total. The van der Waals surface area contributed by atoms with Gasteiger partial charge >= 0.3 is 13.2 Å². The van der Waals surface area contributed by atoms with E-state index in [0.29, 0.717) is 6.07 Å². The van der Waals surface area contributed by atoms with E-state index in [1.807, 2.05) is 0 Å². The van der Waals surface area contributed by atoms with Gasteiger partial charge in [0.25, 0.3) is 0 Å². The van der Waals surface area contributed by atoms with Crippen LogP contribution < -0.4 is 5.46 Å². The summed E-state index contributed by atoms with van der Waals surface area (Å²) in [5, 5.41) is 0. The first-order valence-corrected chi connectivity index (χ1v) is 3.86. The Hall–Kier alpha value is -1.21. The Morgan fingerprint density at radius 3 is 2.07 bits per heavy atom. The zero-order valence-electron chi connectivity index (χ0n) is 7.45. The summed E-state index contributed by atoms with van der Waals surface area (Å²) in [6, 6.07) is 0.454. The second-order valence-corrected chi connectivity index (χ2v) is 3.01. The summed E-state index contributed by atoms with van der Waals surface area (Å²) in [7, 11) is 0.